The van der Waals surface area contributed by atoms with E-state index < -0.39 is 62.9 Å². The number of benzene rings is 1. The van der Waals surface area contributed by atoms with Crippen LogP contribution in [0.25, 0.3) is 0 Å². The predicted octanol–water partition coefficient (Wildman–Crippen LogP) is 2.44. The third-order valence-corrected chi connectivity index (χ3v) is 3.35. The van der Waals surface area contributed by atoms with E-state index >= 15 is 0 Å². The van der Waals surface area contributed by atoms with Gasteiger partial charge in [-0.3, -0.25) is 10.1 Å². The molecule has 0 amide bonds. The number of carbonyl (C=O) groups is 3. The molecule has 1 heterocycles. The normalized spacial score (nSPS) is 16.1. The maximum atomic E-state index is 12.9. The van der Waals surface area contributed by atoms with Crippen molar-refractivity contribution < 1.29 is 47.1 Å². The number of ether oxygens (including phenoxy) is 2. The van der Waals surface area contributed by atoms with Crippen LogP contribution in [-0.2, 0) is 25.2 Å². The molecule has 0 saturated carbocycles. The van der Waals surface area contributed by atoms with E-state index in [9.17, 15) is 37.7 Å². The molecule has 2 rings (SSSR count). The third-order valence-electron chi connectivity index (χ3n) is 3.35. The van der Waals surface area contributed by atoms with Gasteiger partial charge in [-0.15, -0.1) is 0 Å². The van der Waals surface area contributed by atoms with Crippen molar-refractivity contribution in [3.05, 3.63) is 45.1 Å². The lowest BCUT2D eigenvalue weighted by molar-refractivity contribution is -0.384. The number of nitrogens with one attached hydrogen (secondary N) is 1. The predicted molar refractivity (Wildman–Crippen MR) is 83.0 cm³/mol. The molecule has 1 saturated heterocycles. The van der Waals surface area contributed by atoms with Crippen LogP contribution in [0, 0.1) is 10.1 Å². The Morgan fingerprint density at radius 1 is 1.25 bits per heavy atom. The van der Waals surface area contributed by atoms with E-state index in [-0.39, 0.29) is 12.1 Å². The lowest BCUT2D eigenvalue weighted by atomic mass is 10.1. The quantitative estimate of drug-likeness (QED) is 0.254. The number of cyclic esters (lactones) is 2. The lowest BCUT2D eigenvalue weighted by Gasteiger charge is -2.29. The molecule has 2 N–H and O–H groups in total. The van der Waals surface area contributed by atoms with Gasteiger partial charge in [0.05, 0.1) is 16.1 Å². The zero-order valence-corrected chi connectivity index (χ0v) is 14.1. The van der Waals surface area contributed by atoms with Gasteiger partial charge >= 0.3 is 24.1 Å². The second kappa shape index (κ2) is 6.83. The zero-order valence-electron chi connectivity index (χ0n) is 14.1. The number of carboxylic acid groups (broad SMARTS) is 1. The number of alkyl halides is 3. The Balaban J connectivity index is 2.56. The minimum Gasteiger partial charge on any atom is -0.478 e. The van der Waals surface area contributed by atoms with Gasteiger partial charge in [0.2, 0.25) is 0 Å². The van der Waals surface area contributed by atoms with Crippen LogP contribution in [0.5, 0.6) is 0 Å². The van der Waals surface area contributed by atoms with E-state index in [2.05, 4.69) is 0 Å². The molecule has 0 unspecified atom stereocenters. The average molecular weight is 404 g/mol. The fourth-order valence-electron chi connectivity index (χ4n) is 2.18. The van der Waals surface area contributed by atoms with E-state index in [0.717, 1.165) is 0 Å². The van der Waals surface area contributed by atoms with Crippen LogP contribution in [0.3, 0.4) is 0 Å². The highest BCUT2D eigenvalue weighted by Gasteiger charge is 2.40. The fraction of sp³-hybridized carbons (Fsp3) is 0.267. The Labute approximate surface area is 153 Å². The molecule has 0 atom stereocenters. The number of nitro benzene ring substituents is 1. The Kier molecular flexibility index (Phi) is 5.04. The highest BCUT2D eigenvalue weighted by molar-refractivity contribution is 6.15. The summed E-state index contributed by atoms with van der Waals surface area (Å²) in [6.07, 6.45) is -4.49. The van der Waals surface area contributed by atoms with Crippen molar-refractivity contribution in [3.8, 4) is 0 Å². The minimum absolute atomic E-state index is 0.119. The van der Waals surface area contributed by atoms with Crippen molar-refractivity contribution in [2.75, 3.05) is 5.32 Å². The Hall–Kier alpha value is -3.64. The maximum Gasteiger partial charge on any atom is 0.416 e. The molecule has 13 heteroatoms. The van der Waals surface area contributed by atoms with Crippen molar-refractivity contribution in [3.63, 3.8) is 0 Å². The summed E-state index contributed by atoms with van der Waals surface area (Å²) >= 11 is 0. The summed E-state index contributed by atoms with van der Waals surface area (Å²) in [4.78, 5) is 44.9. The summed E-state index contributed by atoms with van der Waals surface area (Å²) < 4.78 is 48.2. The Morgan fingerprint density at radius 3 is 2.21 bits per heavy atom. The molecule has 0 spiro atoms. The zero-order chi connectivity index (χ0) is 21.4. The van der Waals surface area contributed by atoms with Crippen molar-refractivity contribution in [1.29, 1.82) is 0 Å². The van der Waals surface area contributed by atoms with Crippen molar-refractivity contribution in [1.82, 2.24) is 0 Å². The number of anilines is 1. The van der Waals surface area contributed by atoms with E-state index in [4.69, 9.17) is 14.6 Å². The molecular formula is C15H11F3N2O8. The molecule has 1 aliphatic rings. The van der Waals surface area contributed by atoms with Gasteiger partial charge in [0.15, 0.2) is 5.57 Å². The molecule has 0 aromatic heterocycles. The molecule has 0 aliphatic carbocycles. The van der Waals surface area contributed by atoms with Gasteiger partial charge in [0.25, 0.3) is 11.5 Å². The van der Waals surface area contributed by atoms with E-state index in [1.165, 1.54) is 13.8 Å². The summed E-state index contributed by atoms with van der Waals surface area (Å²) in [5.41, 5.74) is -5.54. The molecule has 1 fully saturated rings. The van der Waals surface area contributed by atoms with E-state index in [0.29, 0.717) is 6.20 Å². The summed E-state index contributed by atoms with van der Waals surface area (Å²) in [5.74, 6) is -5.84. The molecule has 0 bridgehead atoms. The lowest BCUT2D eigenvalue weighted by Crippen LogP contribution is -2.42. The number of aromatic carboxylic acids is 1. The number of hydrogen-bond acceptors (Lipinski definition) is 8. The maximum absolute atomic E-state index is 12.9. The van der Waals surface area contributed by atoms with Crippen molar-refractivity contribution in [2.45, 2.75) is 25.8 Å². The van der Waals surface area contributed by atoms with Crippen LogP contribution < -0.4 is 5.32 Å². The minimum atomic E-state index is -5.05. The van der Waals surface area contributed by atoms with E-state index in [1.54, 1.807) is 0 Å². The molecule has 10 nitrogen and oxygen atoms in total. The summed E-state index contributed by atoms with van der Waals surface area (Å²) in [6, 6.07) is 0.296. The van der Waals surface area contributed by atoms with Crippen LogP contribution >= 0.6 is 0 Å². The van der Waals surface area contributed by atoms with Crippen molar-refractivity contribution >= 4 is 29.3 Å². The number of nitro groups is 1. The molecular weight excluding hydrogens is 393 g/mol. The van der Waals surface area contributed by atoms with Gasteiger partial charge in [0.1, 0.15) is 5.69 Å². The molecule has 28 heavy (non-hydrogen) atoms. The fourth-order valence-corrected chi connectivity index (χ4v) is 2.18. The molecule has 0 radical (unpaired) electrons. The van der Waals surface area contributed by atoms with Gasteiger partial charge in [0, 0.05) is 26.1 Å². The molecule has 1 aromatic rings. The van der Waals surface area contributed by atoms with Crippen LogP contribution in [0.15, 0.2) is 23.9 Å². The highest BCUT2D eigenvalue weighted by atomic mass is 19.4. The van der Waals surface area contributed by atoms with Gasteiger partial charge in [-0.2, -0.15) is 13.2 Å². The summed E-state index contributed by atoms with van der Waals surface area (Å²) in [6.45, 7) is 2.52. The van der Waals surface area contributed by atoms with Crippen LogP contribution in [0.1, 0.15) is 29.8 Å². The smallest absolute Gasteiger partial charge is 0.416 e. The first kappa shape index (κ1) is 20.7. The average Bonchev–Trinajstić information content (AvgIpc) is 2.51. The number of rotatable bonds is 4. The number of esters is 2. The SMILES string of the molecule is CC1(C)OC(=O)C(=CNc2c(C(=O)O)cc(C(F)(F)F)cc2[N+](=O)[O-])C(=O)O1. The third kappa shape index (κ3) is 4.19. The summed E-state index contributed by atoms with van der Waals surface area (Å²) in [7, 11) is 0. The number of halogens is 3. The van der Waals surface area contributed by atoms with Crippen LogP contribution in [0.4, 0.5) is 24.5 Å². The van der Waals surface area contributed by atoms with Crippen LogP contribution in [-0.4, -0.2) is 33.7 Å². The van der Waals surface area contributed by atoms with Crippen LogP contribution in [0.2, 0.25) is 0 Å². The number of carboxylic acids is 1. The molecule has 1 aliphatic heterocycles. The Morgan fingerprint density at radius 2 is 1.79 bits per heavy atom. The molecule has 150 valence electrons. The number of carbonyl (C=O) groups excluding carboxylic acids is 2. The largest absolute Gasteiger partial charge is 0.478 e. The van der Waals surface area contributed by atoms with Gasteiger partial charge < -0.3 is 19.9 Å². The number of hydrogen-bond donors (Lipinski definition) is 2. The second-order valence-electron chi connectivity index (χ2n) is 5.86. The first-order valence-corrected chi connectivity index (χ1v) is 7.29. The van der Waals surface area contributed by atoms with Gasteiger partial charge in [-0.25, -0.2) is 14.4 Å². The van der Waals surface area contributed by atoms with E-state index in [1.807, 2.05) is 5.32 Å². The Bertz CT molecular complexity index is 863. The number of nitrogens with zero attached hydrogens (tertiary/aromatic N) is 1. The second-order valence-corrected chi connectivity index (χ2v) is 5.86. The van der Waals surface area contributed by atoms with Crippen molar-refractivity contribution in [2.24, 2.45) is 0 Å². The first-order chi connectivity index (χ1) is 12.7. The van der Waals surface area contributed by atoms with Gasteiger partial charge in [-0.1, -0.05) is 0 Å². The van der Waals surface area contributed by atoms with Gasteiger partial charge in [-0.05, 0) is 6.07 Å². The topological polar surface area (TPSA) is 145 Å². The first-order valence-electron chi connectivity index (χ1n) is 7.29. The monoisotopic (exact) mass is 404 g/mol. The summed E-state index contributed by atoms with van der Waals surface area (Å²) in [5, 5.41) is 22.3. The highest BCUT2D eigenvalue weighted by Crippen LogP contribution is 2.38. The molecule has 1 aromatic carbocycles. The standard InChI is InChI=1S/C15H11F3N2O8/c1-14(2)27-12(23)8(13(24)28-14)5-19-10-7(11(21)22)3-6(15(16,17)18)4-9(10)20(25)26/h3-5,19H,1-2H3,(H,21,22).